The Morgan fingerprint density at radius 1 is 1.42 bits per heavy atom. The van der Waals surface area contributed by atoms with Crippen LogP contribution in [0.5, 0.6) is 0 Å². The summed E-state index contributed by atoms with van der Waals surface area (Å²) in [6.07, 6.45) is 0.735. The first-order valence-corrected chi connectivity index (χ1v) is 12.2. The van der Waals surface area contributed by atoms with Crippen LogP contribution in [0.1, 0.15) is 25.1 Å². The molecule has 33 heavy (non-hydrogen) atoms. The lowest BCUT2D eigenvalue weighted by atomic mass is 10.2. The number of amides is 2. The molecule has 0 bridgehead atoms. The molecule has 2 aromatic rings. The van der Waals surface area contributed by atoms with Crippen LogP contribution in [0, 0.1) is 0 Å². The van der Waals surface area contributed by atoms with E-state index in [1.807, 2.05) is 23.0 Å². The second kappa shape index (κ2) is 9.92. The number of benzene rings is 1. The van der Waals surface area contributed by atoms with Crippen LogP contribution < -0.4 is 20.9 Å². The van der Waals surface area contributed by atoms with Crippen molar-refractivity contribution in [3.05, 3.63) is 35.7 Å². The predicted molar refractivity (Wildman–Crippen MR) is 128 cm³/mol. The molecule has 4 N–H and O–H groups in total. The number of anilines is 3. The Kier molecular flexibility index (Phi) is 6.99. The lowest BCUT2D eigenvalue weighted by Gasteiger charge is -2.22. The van der Waals surface area contributed by atoms with Crippen LogP contribution in [-0.2, 0) is 29.2 Å². The molecule has 2 amide bonds. The van der Waals surface area contributed by atoms with Crippen LogP contribution in [0.15, 0.2) is 24.4 Å². The quantitative estimate of drug-likeness (QED) is 0.468. The Morgan fingerprint density at radius 3 is 2.94 bits per heavy atom. The number of fused-ring (bicyclic) bond motifs is 1. The van der Waals surface area contributed by atoms with E-state index in [-0.39, 0.29) is 12.5 Å². The van der Waals surface area contributed by atoms with Crippen LogP contribution in [-0.4, -0.2) is 63.7 Å². The minimum absolute atomic E-state index is 0.164. The van der Waals surface area contributed by atoms with Crippen molar-refractivity contribution in [2.75, 3.05) is 40.1 Å². The number of hydrogen-bond donors (Lipinski definition) is 3. The zero-order chi connectivity index (χ0) is 23.5. The molecule has 11 heteroatoms. The SMILES string of the molecule is CCSCC(O)Cn1cc2c(n1)CN(c1ccc(N3CC(CNC(C)=O)OC3=O)cc1N)C2. The molecule has 2 aliphatic rings. The number of nitrogens with zero attached hydrogens (tertiary/aromatic N) is 4. The fourth-order valence-corrected chi connectivity index (χ4v) is 4.70. The first kappa shape index (κ1) is 23.2. The van der Waals surface area contributed by atoms with Gasteiger partial charge in [0, 0.05) is 36.7 Å². The molecule has 0 radical (unpaired) electrons. The van der Waals surface area contributed by atoms with E-state index in [9.17, 15) is 14.7 Å². The molecule has 0 spiro atoms. The van der Waals surface area contributed by atoms with E-state index in [1.54, 1.807) is 17.8 Å². The monoisotopic (exact) mass is 474 g/mol. The average Bonchev–Trinajstić information content (AvgIpc) is 3.43. The van der Waals surface area contributed by atoms with Crippen molar-refractivity contribution in [2.45, 2.75) is 45.7 Å². The van der Waals surface area contributed by atoms with Crippen LogP contribution in [0.4, 0.5) is 21.9 Å². The highest BCUT2D eigenvalue weighted by atomic mass is 32.2. The van der Waals surface area contributed by atoms with Crippen LogP contribution in [0.25, 0.3) is 0 Å². The van der Waals surface area contributed by atoms with Crippen LogP contribution in [0.2, 0.25) is 0 Å². The third-order valence-electron chi connectivity index (χ3n) is 5.65. The number of carbonyl (C=O) groups excluding carboxylic acids is 2. The summed E-state index contributed by atoms with van der Waals surface area (Å²) in [6, 6.07) is 5.53. The van der Waals surface area contributed by atoms with Gasteiger partial charge in [0.15, 0.2) is 0 Å². The van der Waals surface area contributed by atoms with Gasteiger partial charge in [-0.25, -0.2) is 4.79 Å². The first-order chi connectivity index (χ1) is 15.8. The molecule has 1 aromatic heterocycles. The van der Waals surface area contributed by atoms with Gasteiger partial charge in [-0.3, -0.25) is 14.4 Å². The van der Waals surface area contributed by atoms with Gasteiger partial charge in [0.2, 0.25) is 5.91 Å². The van der Waals surface area contributed by atoms with E-state index in [0.29, 0.717) is 43.3 Å². The molecule has 2 unspecified atom stereocenters. The summed E-state index contributed by atoms with van der Waals surface area (Å²) in [5, 5.41) is 17.4. The number of rotatable bonds is 9. The summed E-state index contributed by atoms with van der Waals surface area (Å²) < 4.78 is 7.16. The van der Waals surface area contributed by atoms with Gasteiger partial charge in [-0.1, -0.05) is 6.92 Å². The van der Waals surface area contributed by atoms with Gasteiger partial charge in [0.1, 0.15) is 6.10 Å². The van der Waals surface area contributed by atoms with E-state index >= 15 is 0 Å². The van der Waals surface area contributed by atoms with E-state index in [2.05, 4.69) is 22.2 Å². The highest BCUT2D eigenvalue weighted by Crippen LogP contribution is 2.35. The molecule has 1 fully saturated rings. The third-order valence-corrected chi connectivity index (χ3v) is 6.68. The van der Waals surface area contributed by atoms with Crippen molar-refractivity contribution in [1.82, 2.24) is 15.1 Å². The van der Waals surface area contributed by atoms with Crippen molar-refractivity contribution in [1.29, 1.82) is 0 Å². The van der Waals surface area contributed by atoms with E-state index in [0.717, 1.165) is 22.7 Å². The maximum Gasteiger partial charge on any atom is 0.414 e. The molecular weight excluding hydrogens is 444 g/mol. The van der Waals surface area contributed by atoms with Gasteiger partial charge in [-0.15, -0.1) is 0 Å². The smallest absolute Gasteiger partial charge is 0.414 e. The largest absolute Gasteiger partial charge is 0.442 e. The predicted octanol–water partition coefficient (Wildman–Crippen LogP) is 1.56. The second-order valence-corrected chi connectivity index (χ2v) is 9.61. The van der Waals surface area contributed by atoms with E-state index in [1.165, 1.54) is 11.8 Å². The van der Waals surface area contributed by atoms with Crippen molar-refractivity contribution in [3.63, 3.8) is 0 Å². The molecule has 1 aromatic carbocycles. The number of nitrogen functional groups attached to an aromatic ring is 1. The number of nitrogens with two attached hydrogens (primary N) is 1. The van der Waals surface area contributed by atoms with E-state index in [4.69, 9.17) is 10.5 Å². The maximum absolute atomic E-state index is 12.3. The first-order valence-electron chi connectivity index (χ1n) is 11.0. The van der Waals surface area contributed by atoms with Crippen molar-refractivity contribution in [3.8, 4) is 0 Å². The Morgan fingerprint density at radius 2 is 2.24 bits per heavy atom. The highest BCUT2D eigenvalue weighted by Gasteiger charge is 2.33. The standard InChI is InChI=1S/C22H30N6O4S/c1-3-33-13-17(30)10-27-9-15-8-26(12-20(15)25-27)21-5-4-16(6-19(21)23)28-11-18(32-22(28)31)7-24-14(2)29/h4-6,9,17-18,30H,3,7-8,10-13,23H2,1-2H3,(H,24,29). The van der Waals surface area contributed by atoms with Gasteiger partial charge in [-0.05, 0) is 24.0 Å². The minimum atomic E-state index is -0.452. The molecule has 2 atom stereocenters. The number of carbonyl (C=O) groups is 2. The number of hydrogen-bond acceptors (Lipinski definition) is 8. The summed E-state index contributed by atoms with van der Waals surface area (Å²) in [5.41, 5.74) is 10.6. The van der Waals surface area contributed by atoms with Crippen molar-refractivity contribution < 1.29 is 19.4 Å². The maximum atomic E-state index is 12.3. The molecule has 4 rings (SSSR count). The molecule has 1 saturated heterocycles. The zero-order valence-electron chi connectivity index (χ0n) is 18.9. The lowest BCUT2D eigenvalue weighted by Crippen LogP contribution is -2.33. The summed E-state index contributed by atoms with van der Waals surface area (Å²) >= 11 is 1.72. The van der Waals surface area contributed by atoms with Crippen LogP contribution in [0.3, 0.4) is 0 Å². The second-order valence-electron chi connectivity index (χ2n) is 8.29. The number of nitrogens with one attached hydrogen (secondary N) is 1. The molecule has 2 aliphatic heterocycles. The van der Waals surface area contributed by atoms with Gasteiger partial charge in [0.05, 0.1) is 49.4 Å². The number of aliphatic hydroxyl groups is 1. The Balaban J connectivity index is 1.38. The molecular formula is C22H30N6O4S. The molecule has 10 nitrogen and oxygen atoms in total. The zero-order valence-corrected chi connectivity index (χ0v) is 19.7. The molecule has 0 saturated carbocycles. The number of thioether (sulfide) groups is 1. The van der Waals surface area contributed by atoms with Gasteiger partial charge < -0.3 is 25.8 Å². The number of ether oxygens (including phenoxy) is 1. The number of cyclic esters (lactones) is 1. The normalized spacial score (nSPS) is 18.4. The summed E-state index contributed by atoms with van der Waals surface area (Å²) in [5.74, 6) is 1.52. The van der Waals surface area contributed by atoms with Gasteiger partial charge in [0.25, 0.3) is 0 Å². The number of aliphatic hydroxyl groups excluding tert-OH is 1. The van der Waals surface area contributed by atoms with Crippen LogP contribution >= 0.6 is 11.8 Å². The fourth-order valence-electron chi connectivity index (χ4n) is 4.09. The topological polar surface area (TPSA) is 126 Å². The minimum Gasteiger partial charge on any atom is -0.442 e. The summed E-state index contributed by atoms with van der Waals surface area (Å²) in [6.45, 7) is 5.95. The van der Waals surface area contributed by atoms with E-state index < -0.39 is 18.3 Å². The number of aromatic nitrogens is 2. The third kappa shape index (κ3) is 5.36. The Bertz CT molecular complexity index is 1000. The summed E-state index contributed by atoms with van der Waals surface area (Å²) in [4.78, 5) is 27.0. The summed E-state index contributed by atoms with van der Waals surface area (Å²) in [7, 11) is 0. The molecule has 0 aliphatic carbocycles. The highest BCUT2D eigenvalue weighted by molar-refractivity contribution is 7.99. The molecule has 3 heterocycles. The van der Waals surface area contributed by atoms with Gasteiger partial charge in [-0.2, -0.15) is 16.9 Å². The fraction of sp³-hybridized carbons (Fsp3) is 0.500. The average molecular weight is 475 g/mol. The molecule has 178 valence electrons. The van der Waals surface area contributed by atoms with Crippen molar-refractivity contribution in [2.24, 2.45) is 0 Å². The van der Waals surface area contributed by atoms with Gasteiger partial charge >= 0.3 is 6.09 Å². The Hall–Kier alpha value is -2.92. The lowest BCUT2D eigenvalue weighted by molar-refractivity contribution is -0.119. The van der Waals surface area contributed by atoms with Crippen molar-refractivity contribution >= 4 is 40.8 Å². The Labute approximate surface area is 197 Å².